The van der Waals surface area contributed by atoms with Crippen molar-refractivity contribution in [3.05, 3.63) is 23.8 Å². The highest BCUT2D eigenvalue weighted by Gasteiger charge is 2.35. The highest BCUT2D eigenvalue weighted by atomic mass is 32.2. The monoisotopic (exact) mass is 318 g/mol. The van der Waals surface area contributed by atoms with Gasteiger partial charge in [-0.1, -0.05) is 6.07 Å². The summed E-state index contributed by atoms with van der Waals surface area (Å²) in [7, 11) is 0. The zero-order valence-electron chi connectivity index (χ0n) is 9.93. The summed E-state index contributed by atoms with van der Waals surface area (Å²) in [6, 6.07) is 2.78. The van der Waals surface area contributed by atoms with Crippen molar-refractivity contribution in [3.8, 4) is 5.75 Å². The van der Waals surface area contributed by atoms with Crippen LogP contribution in [0, 0.1) is 0 Å². The second-order valence-corrected chi connectivity index (χ2v) is 4.86. The minimum absolute atomic E-state index is 0.142. The Morgan fingerprint density at radius 2 is 1.80 bits per heavy atom. The number of rotatable bonds is 4. The highest BCUT2D eigenvalue weighted by molar-refractivity contribution is 8.00. The van der Waals surface area contributed by atoms with Crippen LogP contribution >= 0.6 is 11.8 Å². The number of Topliss-reactive ketones (excluding diaryl/α,β-unsaturated/α-hetero) is 1. The Kier molecular flexibility index (Phi) is 4.95. The van der Waals surface area contributed by atoms with Crippen molar-refractivity contribution >= 4 is 17.5 Å². The van der Waals surface area contributed by atoms with E-state index in [0.29, 0.717) is 0 Å². The third kappa shape index (κ3) is 6.18. The van der Waals surface area contributed by atoms with Gasteiger partial charge in [-0.25, -0.2) is 0 Å². The van der Waals surface area contributed by atoms with Gasteiger partial charge in [-0.2, -0.15) is 13.2 Å². The molecule has 0 unspecified atom stereocenters. The normalized spacial score (nSPS) is 12.3. The van der Waals surface area contributed by atoms with Gasteiger partial charge in [-0.15, -0.1) is 13.2 Å². The third-order valence-electron chi connectivity index (χ3n) is 1.91. The van der Waals surface area contributed by atoms with E-state index in [0.717, 1.165) is 18.2 Å². The van der Waals surface area contributed by atoms with Crippen molar-refractivity contribution in [2.45, 2.75) is 30.1 Å². The van der Waals surface area contributed by atoms with Gasteiger partial charge in [0.05, 0.1) is 4.90 Å². The molecule has 2 nitrogen and oxygen atoms in total. The highest BCUT2D eigenvalue weighted by Crippen LogP contribution is 2.43. The SMILES string of the molecule is CC(=O)Cc1ccc(SC(F)(F)F)c(OC(F)(F)F)c1. The fourth-order valence-electron chi connectivity index (χ4n) is 1.36. The first kappa shape index (κ1) is 16.7. The lowest BCUT2D eigenvalue weighted by molar-refractivity contribution is -0.275. The van der Waals surface area contributed by atoms with Crippen molar-refractivity contribution in [2.24, 2.45) is 0 Å². The average molecular weight is 318 g/mol. The molecule has 112 valence electrons. The molecule has 20 heavy (non-hydrogen) atoms. The molecule has 0 aliphatic carbocycles. The van der Waals surface area contributed by atoms with Gasteiger partial charge in [0.25, 0.3) is 0 Å². The molecule has 0 radical (unpaired) electrons. The molecule has 0 amide bonds. The maximum atomic E-state index is 12.2. The number of halogens is 6. The second-order valence-electron chi connectivity index (χ2n) is 3.76. The number of thioether (sulfide) groups is 1. The van der Waals surface area contributed by atoms with Gasteiger partial charge in [0.1, 0.15) is 11.5 Å². The number of carbonyl (C=O) groups excluding carboxylic acids is 1. The van der Waals surface area contributed by atoms with E-state index < -0.39 is 34.3 Å². The van der Waals surface area contributed by atoms with Gasteiger partial charge in [0.15, 0.2) is 0 Å². The van der Waals surface area contributed by atoms with Crippen LogP contribution in [0.1, 0.15) is 12.5 Å². The summed E-state index contributed by atoms with van der Waals surface area (Å²) in [5.74, 6) is -1.31. The summed E-state index contributed by atoms with van der Waals surface area (Å²) in [5.41, 5.74) is -4.60. The van der Waals surface area contributed by atoms with Crippen molar-refractivity contribution in [2.75, 3.05) is 0 Å². The number of alkyl halides is 6. The molecular weight excluding hydrogens is 310 g/mol. The molecule has 1 aromatic carbocycles. The summed E-state index contributed by atoms with van der Waals surface area (Å²) in [6.07, 6.45) is -5.30. The third-order valence-corrected chi connectivity index (χ3v) is 2.70. The van der Waals surface area contributed by atoms with Crippen LogP contribution in [0.25, 0.3) is 0 Å². The fourth-order valence-corrected chi connectivity index (χ4v) is 1.95. The molecule has 0 bridgehead atoms. The minimum Gasteiger partial charge on any atom is -0.405 e. The summed E-state index contributed by atoms with van der Waals surface area (Å²) in [4.78, 5) is 10.2. The standard InChI is InChI=1S/C11H8F6O2S/c1-6(18)4-7-2-3-9(20-11(15,16)17)8(5-7)19-10(12,13)14/h2-3,5H,4H2,1H3. The predicted octanol–water partition coefficient (Wildman–Crippen LogP) is 4.33. The second kappa shape index (κ2) is 5.94. The molecule has 1 rings (SSSR count). The largest absolute Gasteiger partial charge is 0.573 e. The first-order chi connectivity index (χ1) is 8.96. The smallest absolute Gasteiger partial charge is 0.405 e. The van der Waals surface area contributed by atoms with E-state index in [9.17, 15) is 31.1 Å². The molecule has 0 aromatic heterocycles. The molecule has 0 saturated heterocycles. The maximum absolute atomic E-state index is 12.2. The Morgan fingerprint density at radius 3 is 2.25 bits per heavy atom. The van der Waals surface area contributed by atoms with Crippen LogP contribution in [0.15, 0.2) is 23.1 Å². The number of ether oxygens (including phenoxy) is 1. The Balaban J connectivity index is 3.12. The number of benzene rings is 1. The number of hydrogen-bond acceptors (Lipinski definition) is 3. The lowest BCUT2D eigenvalue weighted by Gasteiger charge is -2.15. The quantitative estimate of drug-likeness (QED) is 0.610. The Labute approximate surface area is 114 Å². The Hall–Kier alpha value is -1.38. The fraction of sp³-hybridized carbons (Fsp3) is 0.364. The van der Waals surface area contributed by atoms with Crippen molar-refractivity contribution < 1.29 is 35.9 Å². The van der Waals surface area contributed by atoms with Gasteiger partial charge in [-0.3, -0.25) is 4.79 Å². The van der Waals surface area contributed by atoms with Gasteiger partial charge in [0, 0.05) is 6.42 Å². The average Bonchev–Trinajstić information content (AvgIpc) is 2.16. The van der Waals surface area contributed by atoms with Crippen LogP contribution in [0.2, 0.25) is 0 Å². The van der Waals surface area contributed by atoms with Crippen LogP contribution in [-0.4, -0.2) is 17.7 Å². The molecule has 0 saturated carbocycles. The van der Waals surface area contributed by atoms with Crippen LogP contribution in [0.3, 0.4) is 0 Å². The molecule has 0 spiro atoms. The Bertz CT molecular complexity index is 495. The van der Waals surface area contributed by atoms with Crippen molar-refractivity contribution in [3.63, 3.8) is 0 Å². The summed E-state index contributed by atoms with van der Waals surface area (Å²) in [5, 5.41) is 0. The van der Waals surface area contributed by atoms with E-state index in [-0.39, 0.29) is 17.8 Å². The predicted molar refractivity (Wildman–Crippen MR) is 59.4 cm³/mol. The van der Waals surface area contributed by atoms with Crippen LogP contribution in [-0.2, 0) is 11.2 Å². The molecule has 9 heteroatoms. The van der Waals surface area contributed by atoms with Crippen LogP contribution in [0.4, 0.5) is 26.3 Å². The lowest BCUT2D eigenvalue weighted by Crippen LogP contribution is -2.18. The zero-order chi connectivity index (χ0) is 15.6. The van der Waals surface area contributed by atoms with Crippen LogP contribution < -0.4 is 4.74 Å². The van der Waals surface area contributed by atoms with E-state index in [1.165, 1.54) is 6.92 Å². The summed E-state index contributed by atoms with van der Waals surface area (Å²) >= 11 is -0.714. The van der Waals surface area contributed by atoms with Gasteiger partial charge in [-0.05, 0) is 36.4 Å². The molecule has 0 aliphatic heterocycles. The minimum atomic E-state index is -5.12. The van der Waals surface area contributed by atoms with E-state index in [4.69, 9.17) is 0 Å². The van der Waals surface area contributed by atoms with Crippen molar-refractivity contribution in [1.82, 2.24) is 0 Å². The van der Waals surface area contributed by atoms with Gasteiger partial charge in [0.2, 0.25) is 0 Å². The molecular formula is C11H8F6O2S. The molecule has 0 fully saturated rings. The molecule has 0 heterocycles. The van der Waals surface area contributed by atoms with E-state index in [1.807, 2.05) is 0 Å². The van der Waals surface area contributed by atoms with E-state index in [1.54, 1.807) is 0 Å². The van der Waals surface area contributed by atoms with Crippen LogP contribution in [0.5, 0.6) is 5.75 Å². The number of carbonyl (C=O) groups is 1. The number of hydrogen-bond donors (Lipinski definition) is 0. The van der Waals surface area contributed by atoms with Gasteiger partial charge < -0.3 is 4.74 Å². The molecule has 1 aromatic rings. The van der Waals surface area contributed by atoms with E-state index >= 15 is 0 Å². The number of ketones is 1. The first-order valence-electron chi connectivity index (χ1n) is 5.10. The Morgan fingerprint density at radius 1 is 1.20 bits per heavy atom. The lowest BCUT2D eigenvalue weighted by atomic mass is 10.1. The molecule has 0 aliphatic rings. The molecule has 0 atom stereocenters. The molecule has 0 N–H and O–H groups in total. The summed E-state index contributed by atoms with van der Waals surface area (Å²) in [6.45, 7) is 1.21. The maximum Gasteiger partial charge on any atom is 0.573 e. The zero-order valence-corrected chi connectivity index (χ0v) is 10.7. The summed E-state index contributed by atoms with van der Waals surface area (Å²) < 4.78 is 76.8. The topological polar surface area (TPSA) is 26.3 Å². The van der Waals surface area contributed by atoms with Crippen molar-refractivity contribution in [1.29, 1.82) is 0 Å². The van der Waals surface area contributed by atoms with Gasteiger partial charge >= 0.3 is 11.9 Å². The van der Waals surface area contributed by atoms with E-state index in [2.05, 4.69) is 4.74 Å². The first-order valence-corrected chi connectivity index (χ1v) is 5.92.